The number of nitrogens with zero attached hydrogens (tertiary/aromatic N) is 2. The maximum atomic E-state index is 12.4. The Balaban J connectivity index is 1.80. The van der Waals surface area contributed by atoms with Crippen molar-refractivity contribution in [3.63, 3.8) is 0 Å². The van der Waals surface area contributed by atoms with Crippen molar-refractivity contribution in [1.82, 2.24) is 20.5 Å². The van der Waals surface area contributed by atoms with Gasteiger partial charge in [-0.2, -0.15) is 5.10 Å². The Morgan fingerprint density at radius 2 is 2.24 bits per heavy atom. The van der Waals surface area contributed by atoms with Crippen molar-refractivity contribution in [1.29, 1.82) is 0 Å². The van der Waals surface area contributed by atoms with E-state index >= 15 is 0 Å². The van der Waals surface area contributed by atoms with Gasteiger partial charge in [0.2, 0.25) is 0 Å². The molecule has 6 nitrogen and oxygen atoms in total. The topological polar surface area (TPSA) is 83.8 Å². The molecule has 0 saturated heterocycles. The second-order valence-corrected chi connectivity index (χ2v) is 4.55. The molecule has 0 unspecified atom stereocenters. The Bertz CT molecular complexity index is 732. The van der Waals surface area contributed by atoms with Gasteiger partial charge >= 0.3 is 0 Å². The number of rotatable bonds is 4. The minimum atomic E-state index is -0.210. The highest BCUT2D eigenvalue weighted by Crippen LogP contribution is 2.23. The zero-order valence-corrected chi connectivity index (χ0v) is 11.5. The van der Waals surface area contributed by atoms with Gasteiger partial charge in [-0.05, 0) is 31.2 Å². The summed E-state index contributed by atoms with van der Waals surface area (Å²) < 4.78 is 5.31. The van der Waals surface area contributed by atoms with Crippen LogP contribution in [-0.4, -0.2) is 21.1 Å². The summed E-state index contributed by atoms with van der Waals surface area (Å²) in [5.74, 6) is 0.348. The molecule has 106 valence electrons. The van der Waals surface area contributed by atoms with E-state index in [1.807, 2.05) is 18.2 Å². The average molecular weight is 282 g/mol. The van der Waals surface area contributed by atoms with Gasteiger partial charge < -0.3 is 9.73 Å². The molecule has 0 aliphatic rings. The van der Waals surface area contributed by atoms with Crippen LogP contribution in [0.15, 0.2) is 47.2 Å². The zero-order chi connectivity index (χ0) is 14.7. The molecule has 3 aromatic rings. The lowest BCUT2D eigenvalue weighted by atomic mass is 10.1. The first kappa shape index (κ1) is 13.1. The second kappa shape index (κ2) is 5.62. The number of hydrogen-bond acceptors (Lipinski definition) is 4. The summed E-state index contributed by atoms with van der Waals surface area (Å²) in [7, 11) is 0. The van der Waals surface area contributed by atoms with Gasteiger partial charge in [0.05, 0.1) is 24.1 Å². The summed E-state index contributed by atoms with van der Waals surface area (Å²) in [6.07, 6.45) is 3.24. The van der Waals surface area contributed by atoms with E-state index < -0.39 is 0 Å². The van der Waals surface area contributed by atoms with Crippen LogP contribution in [-0.2, 0) is 6.54 Å². The van der Waals surface area contributed by atoms with Gasteiger partial charge in [0.25, 0.3) is 5.91 Å². The second-order valence-electron chi connectivity index (χ2n) is 4.55. The molecule has 0 fully saturated rings. The fourth-order valence-electron chi connectivity index (χ4n) is 2.06. The molecule has 0 aromatic carbocycles. The molecule has 6 heteroatoms. The highest BCUT2D eigenvalue weighted by Gasteiger charge is 2.20. The van der Waals surface area contributed by atoms with Crippen LogP contribution in [0, 0.1) is 6.92 Å². The zero-order valence-electron chi connectivity index (χ0n) is 11.5. The fraction of sp³-hybridized carbons (Fsp3) is 0.133. The summed E-state index contributed by atoms with van der Waals surface area (Å²) >= 11 is 0. The fourth-order valence-corrected chi connectivity index (χ4v) is 2.06. The van der Waals surface area contributed by atoms with Crippen LogP contribution >= 0.6 is 0 Å². The first-order valence-electron chi connectivity index (χ1n) is 6.52. The molecule has 0 spiro atoms. The number of hydrogen-bond donors (Lipinski definition) is 2. The monoisotopic (exact) mass is 282 g/mol. The van der Waals surface area contributed by atoms with Crippen LogP contribution in [0.5, 0.6) is 0 Å². The average Bonchev–Trinajstić information content (AvgIpc) is 3.15. The number of aromatic amines is 1. The third-order valence-electron chi connectivity index (χ3n) is 3.09. The predicted molar refractivity (Wildman–Crippen MR) is 76.4 cm³/mol. The molecule has 0 saturated carbocycles. The van der Waals surface area contributed by atoms with Crippen molar-refractivity contribution in [2.45, 2.75) is 13.5 Å². The van der Waals surface area contributed by atoms with E-state index in [4.69, 9.17) is 4.42 Å². The minimum absolute atomic E-state index is 0.210. The lowest BCUT2D eigenvalue weighted by Crippen LogP contribution is -2.24. The molecule has 0 aliphatic carbocycles. The number of carbonyl (C=O) groups excluding carboxylic acids is 1. The number of carbonyl (C=O) groups is 1. The smallest absolute Gasteiger partial charge is 0.255 e. The van der Waals surface area contributed by atoms with E-state index in [1.165, 1.54) is 0 Å². The summed E-state index contributed by atoms with van der Waals surface area (Å²) in [6.45, 7) is 2.16. The summed E-state index contributed by atoms with van der Waals surface area (Å²) in [5.41, 5.74) is 2.49. The maximum absolute atomic E-state index is 12.4. The van der Waals surface area contributed by atoms with Crippen molar-refractivity contribution in [3.05, 3.63) is 59.7 Å². The number of nitrogens with one attached hydrogen (secondary N) is 2. The van der Waals surface area contributed by atoms with E-state index in [0.717, 1.165) is 5.69 Å². The largest absolute Gasteiger partial charge is 0.463 e. The van der Waals surface area contributed by atoms with Gasteiger partial charge in [-0.3, -0.25) is 14.9 Å². The van der Waals surface area contributed by atoms with Crippen LogP contribution in [0.2, 0.25) is 0 Å². The van der Waals surface area contributed by atoms with Crippen molar-refractivity contribution in [3.8, 4) is 11.5 Å². The Kier molecular flexibility index (Phi) is 3.51. The molecule has 3 rings (SSSR count). The van der Waals surface area contributed by atoms with Gasteiger partial charge in [-0.1, -0.05) is 6.07 Å². The summed E-state index contributed by atoms with van der Waals surface area (Å²) in [6, 6.07) is 9.10. The van der Waals surface area contributed by atoms with Crippen LogP contribution in [0.1, 0.15) is 21.7 Å². The first-order valence-corrected chi connectivity index (χ1v) is 6.52. The molecule has 3 heterocycles. The number of furan rings is 1. The number of H-pyrrole nitrogens is 1. The Morgan fingerprint density at radius 3 is 2.95 bits per heavy atom. The SMILES string of the molecule is Cc1[nH]nc(-c2ccco2)c1C(=O)NCc1ccccn1. The molecule has 21 heavy (non-hydrogen) atoms. The quantitative estimate of drug-likeness (QED) is 0.769. The molecule has 0 radical (unpaired) electrons. The van der Waals surface area contributed by atoms with Gasteiger partial charge in [0, 0.05) is 11.9 Å². The molecule has 0 aliphatic heterocycles. The Labute approximate surface area is 121 Å². The predicted octanol–water partition coefficient (Wildman–Crippen LogP) is 2.30. The highest BCUT2D eigenvalue weighted by molar-refractivity contribution is 6.00. The maximum Gasteiger partial charge on any atom is 0.255 e. The van der Waals surface area contributed by atoms with E-state index in [2.05, 4.69) is 20.5 Å². The lowest BCUT2D eigenvalue weighted by molar-refractivity contribution is 0.0950. The van der Waals surface area contributed by atoms with E-state index in [0.29, 0.717) is 29.3 Å². The van der Waals surface area contributed by atoms with Crippen LogP contribution < -0.4 is 5.32 Å². The standard InChI is InChI=1S/C15H14N4O2/c1-10-13(14(19-18-10)12-6-4-8-21-12)15(20)17-9-11-5-2-3-7-16-11/h2-8H,9H2,1H3,(H,17,20)(H,18,19). The molecule has 0 atom stereocenters. The lowest BCUT2D eigenvalue weighted by Gasteiger charge is -2.05. The summed E-state index contributed by atoms with van der Waals surface area (Å²) in [5, 5.41) is 9.80. The number of aryl methyl sites for hydroxylation is 1. The molecule has 2 N–H and O–H groups in total. The Hall–Kier alpha value is -2.89. The van der Waals surface area contributed by atoms with E-state index in [9.17, 15) is 4.79 Å². The molecule has 0 bridgehead atoms. The normalized spacial score (nSPS) is 10.5. The number of aromatic nitrogens is 3. The molecular formula is C15H14N4O2. The van der Waals surface area contributed by atoms with Crippen LogP contribution in [0.25, 0.3) is 11.5 Å². The third-order valence-corrected chi connectivity index (χ3v) is 3.09. The van der Waals surface area contributed by atoms with Crippen molar-refractivity contribution >= 4 is 5.91 Å². The molecule has 1 amide bonds. The minimum Gasteiger partial charge on any atom is -0.463 e. The van der Waals surface area contributed by atoms with Crippen LogP contribution in [0.3, 0.4) is 0 Å². The first-order chi connectivity index (χ1) is 10.3. The van der Waals surface area contributed by atoms with Gasteiger partial charge in [0.15, 0.2) is 5.76 Å². The van der Waals surface area contributed by atoms with Gasteiger partial charge in [-0.25, -0.2) is 0 Å². The Morgan fingerprint density at radius 1 is 1.33 bits per heavy atom. The number of amides is 1. The van der Waals surface area contributed by atoms with E-state index in [-0.39, 0.29) is 5.91 Å². The van der Waals surface area contributed by atoms with Crippen molar-refractivity contribution < 1.29 is 9.21 Å². The molecular weight excluding hydrogens is 268 g/mol. The van der Waals surface area contributed by atoms with Gasteiger partial charge in [0.1, 0.15) is 5.69 Å². The summed E-state index contributed by atoms with van der Waals surface area (Å²) in [4.78, 5) is 16.5. The van der Waals surface area contributed by atoms with Crippen LogP contribution in [0.4, 0.5) is 0 Å². The van der Waals surface area contributed by atoms with Crippen molar-refractivity contribution in [2.75, 3.05) is 0 Å². The third kappa shape index (κ3) is 2.69. The molecule has 3 aromatic heterocycles. The van der Waals surface area contributed by atoms with E-state index in [1.54, 1.807) is 31.5 Å². The van der Waals surface area contributed by atoms with Gasteiger partial charge in [-0.15, -0.1) is 0 Å². The van der Waals surface area contributed by atoms with Crippen molar-refractivity contribution in [2.24, 2.45) is 0 Å². The highest BCUT2D eigenvalue weighted by atomic mass is 16.3. The number of pyridine rings is 1.